The van der Waals surface area contributed by atoms with Crippen molar-refractivity contribution >= 4 is 0 Å². The molecule has 3 fully saturated rings. The number of hydrogen-bond acceptors (Lipinski definition) is 5. The molecule has 2 atom stereocenters. The van der Waals surface area contributed by atoms with Crippen LogP contribution in [0.2, 0.25) is 0 Å². The van der Waals surface area contributed by atoms with Gasteiger partial charge in [-0.2, -0.15) is 0 Å². The maximum atomic E-state index is 12.5. The van der Waals surface area contributed by atoms with E-state index >= 15 is 0 Å². The van der Waals surface area contributed by atoms with Crippen molar-refractivity contribution in [1.82, 2.24) is 9.80 Å². The van der Waals surface area contributed by atoms with Gasteiger partial charge in [0.1, 0.15) is 12.0 Å². The van der Waals surface area contributed by atoms with E-state index in [0.29, 0.717) is 35.5 Å². The Labute approximate surface area is 168 Å². The molecule has 1 aliphatic carbocycles. The summed E-state index contributed by atoms with van der Waals surface area (Å²) in [5.41, 5.74) is 1.47. The highest BCUT2D eigenvalue weighted by molar-refractivity contribution is 5.36. The quantitative estimate of drug-likeness (QED) is 0.841. The molecule has 1 aromatic heterocycles. The summed E-state index contributed by atoms with van der Waals surface area (Å²) in [6, 6.07) is 0.488. The SMILES string of the molecule is CC1(C)C[C@@H]2C[C@](C)(CN2Cc2c(O)c(CN3CCCCCC3)coc2=O)C1. The molecular weight excluding hydrogens is 352 g/mol. The molecule has 0 radical (unpaired) electrons. The highest BCUT2D eigenvalue weighted by atomic mass is 16.4. The van der Waals surface area contributed by atoms with Gasteiger partial charge in [-0.3, -0.25) is 9.80 Å². The second-order valence-corrected chi connectivity index (χ2v) is 10.7. The van der Waals surface area contributed by atoms with E-state index in [9.17, 15) is 9.90 Å². The molecule has 1 N–H and O–H groups in total. The van der Waals surface area contributed by atoms with Crippen molar-refractivity contribution in [2.24, 2.45) is 10.8 Å². The number of aromatic hydroxyl groups is 1. The van der Waals surface area contributed by atoms with Gasteiger partial charge in [0.05, 0.1) is 5.56 Å². The molecule has 0 amide bonds. The van der Waals surface area contributed by atoms with E-state index < -0.39 is 0 Å². The molecule has 2 bridgehead atoms. The first-order chi connectivity index (χ1) is 13.2. The molecule has 28 heavy (non-hydrogen) atoms. The van der Waals surface area contributed by atoms with Gasteiger partial charge in [-0.1, -0.05) is 33.6 Å². The zero-order valence-corrected chi connectivity index (χ0v) is 17.8. The lowest BCUT2D eigenvalue weighted by molar-refractivity contribution is 0.126. The lowest BCUT2D eigenvalue weighted by Crippen LogP contribution is -2.35. The van der Waals surface area contributed by atoms with Gasteiger partial charge >= 0.3 is 5.63 Å². The fourth-order valence-corrected chi connectivity index (χ4v) is 6.29. The van der Waals surface area contributed by atoms with Crippen LogP contribution in [-0.4, -0.2) is 40.6 Å². The fourth-order valence-electron chi connectivity index (χ4n) is 6.29. The van der Waals surface area contributed by atoms with Crippen molar-refractivity contribution in [1.29, 1.82) is 0 Å². The smallest absolute Gasteiger partial charge is 0.343 e. The zero-order chi connectivity index (χ0) is 19.9. The molecule has 0 unspecified atom stereocenters. The molecule has 0 aromatic carbocycles. The van der Waals surface area contributed by atoms with Crippen molar-refractivity contribution in [3.8, 4) is 5.75 Å². The number of fused-ring (bicyclic) bond motifs is 2. The average Bonchev–Trinajstić information content (AvgIpc) is 2.77. The number of nitrogens with zero attached hydrogens (tertiary/aromatic N) is 2. The maximum absolute atomic E-state index is 12.5. The molecule has 0 spiro atoms. The zero-order valence-electron chi connectivity index (χ0n) is 17.8. The van der Waals surface area contributed by atoms with E-state index in [1.54, 1.807) is 0 Å². The van der Waals surface area contributed by atoms with Gasteiger partial charge in [0, 0.05) is 31.2 Å². The first kappa shape index (κ1) is 20.0. The predicted molar refractivity (Wildman–Crippen MR) is 110 cm³/mol. The van der Waals surface area contributed by atoms with Crippen LogP contribution in [0, 0.1) is 10.8 Å². The molecule has 3 heterocycles. The Kier molecular flexibility index (Phi) is 5.34. The van der Waals surface area contributed by atoms with E-state index in [1.165, 1.54) is 44.8 Å². The summed E-state index contributed by atoms with van der Waals surface area (Å²) >= 11 is 0. The van der Waals surface area contributed by atoms with Crippen LogP contribution in [0.25, 0.3) is 0 Å². The van der Waals surface area contributed by atoms with E-state index in [0.717, 1.165) is 31.6 Å². The first-order valence-electron chi connectivity index (χ1n) is 11.0. The Bertz CT molecular complexity index is 764. The topological polar surface area (TPSA) is 56.9 Å². The Morgan fingerprint density at radius 1 is 1.11 bits per heavy atom. The standard InChI is InChI=1S/C23H36N2O3/c1-22(2)10-18-11-23(3,15-22)16-25(18)13-19-20(26)17(14-28-21(19)27)12-24-8-6-4-5-7-9-24/h14,18,26H,4-13,15-16H2,1-3H3/t18-,23+/m1/s1. The summed E-state index contributed by atoms with van der Waals surface area (Å²) in [5.74, 6) is 0.159. The molecule has 3 aliphatic rings. The molecule has 2 saturated heterocycles. The second kappa shape index (κ2) is 7.49. The average molecular weight is 389 g/mol. The van der Waals surface area contributed by atoms with Crippen molar-refractivity contribution in [3.05, 3.63) is 27.8 Å². The van der Waals surface area contributed by atoms with Crippen LogP contribution in [0.15, 0.2) is 15.5 Å². The predicted octanol–water partition coefficient (Wildman–Crippen LogP) is 4.12. The highest BCUT2D eigenvalue weighted by Gasteiger charge is 2.49. The minimum Gasteiger partial charge on any atom is -0.507 e. The summed E-state index contributed by atoms with van der Waals surface area (Å²) < 4.78 is 5.36. The fraction of sp³-hybridized carbons (Fsp3) is 0.783. The summed E-state index contributed by atoms with van der Waals surface area (Å²) in [4.78, 5) is 17.2. The molecule has 1 saturated carbocycles. The minimum atomic E-state index is -0.386. The van der Waals surface area contributed by atoms with Gasteiger partial charge in [-0.05, 0) is 56.0 Å². The first-order valence-corrected chi connectivity index (χ1v) is 11.0. The van der Waals surface area contributed by atoms with Crippen LogP contribution >= 0.6 is 0 Å². The van der Waals surface area contributed by atoms with E-state index in [-0.39, 0.29) is 11.4 Å². The summed E-state index contributed by atoms with van der Waals surface area (Å²) in [7, 11) is 0. The van der Waals surface area contributed by atoms with Crippen molar-refractivity contribution in [3.63, 3.8) is 0 Å². The Morgan fingerprint density at radius 2 is 1.82 bits per heavy atom. The van der Waals surface area contributed by atoms with Gasteiger partial charge in [-0.15, -0.1) is 0 Å². The Morgan fingerprint density at radius 3 is 2.54 bits per heavy atom. The number of hydrogen-bond donors (Lipinski definition) is 1. The highest BCUT2D eigenvalue weighted by Crippen LogP contribution is 2.52. The van der Waals surface area contributed by atoms with Gasteiger partial charge in [0.2, 0.25) is 0 Å². The van der Waals surface area contributed by atoms with Crippen molar-refractivity contribution in [2.45, 2.75) is 84.8 Å². The van der Waals surface area contributed by atoms with Crippen LogP contribution in [0.1, 0.15) is 76.8 Å². The van der Waals surface area contributed by atoms with Crippen LogP contribution in [-0.2, 0) is 13.1 Å². The molecule has 156 valence electrons. The minimum absolute atomic E-state index is 0.159. The largest absolute Gasteiger partial charge is 0.507 e. The van der Waals surface area contributed by atoms with E-state index in [4.69, 9.17) is 4.42 Å². The molecule has 2 aliphatic heterocycles. The normalized spacial score (nSPS) is 31.0. The maximum Gasteiger partial charge on any atom is 0.343 e. The van der Waals surface area contributed by atoms with Gasteiger partial charge in [-0.25, -0.2) is 4.79 Å². The summed E-state index contributed by atoms with van der Waals surface area (Å²) in [6.07, 6.45) is 10.0. The third-order valence-corrected chi connectivity index (χ3v) is 7.12. The van der Waals surface area contributed by atoms with Crippen LogP contribution < -0.4 is 5.63 Å². The Balaban J connectivity index is 1.53. The molecule has 5 heteroatoms. The van der Waals surface area contributed by atoms with Crippen LogP contribution in [0.4, 0.5) is 0 Å². The third kappa shape index (κ3) is 4.16. The monoisotopic (exact) mass is 388 g/mol. The summed E-state index contributed by atoms with van der Waals surface area (Å²) in [6.45, 7) is 11.3. The summed E-state index contributed by atoms with van der Waals surface area (Å²) in [5, 5.41) is 10.9. The second-order valence-electron chi connectivity index (χ2n) is 10.7. The Hall–Kier alpha value is -1.33. The number of rotatable bonds is 4. The molecule has 5 nitrogen and oxygen atoms in total. The van der Waals surface area contributed by atoms with Crippen LogP contribution in [0.5, 0.6) is 5.75 Å². The van der Waals surface area contributed by atoms with Gasteiger partial charge in [0.15, 0.2) is 0 Å². The van der Waals surface area contributed by atoms with Gasteiger partial charge in [0.25, 0.3) is 0 Å². The molecule has 1 aromatic rings. The number of likely N-dealkylation sites (tertiary alicyclic amines) is 2. The van der Waals surface area contributed by atoms with Crippen LogP contribution in [0.3, 0.4) is 0 Å². The van der Waals surface area contributed by atoms with Gasteiger partial charge < -0.3 is 9.52 Å². The molecule has 4 rings (SSSR count). The van der Waals surface area contributed by atoms with Crippen molar-refractivity contribution < 1.29 is 9.52 Å². The van der Waals surface area contributed by atoms with E-state index in [2.05, 4.69) is 30.6 Å². The van der Waals surface area contributed by atoms with E-state index in [1.807, 2.05) is 0 Å². The third-order valence-electron chi connectivity index (χ3n) is 7.12. The lowest BCUT2D eigenvalue weighted by Gasteiger charge is -2.39. The van der Waals surface area contributed by atoms with Crippen molar-refractivity contribution in [2.75, 3.05) is 19.6 Å². The lowest BCUT2D eigenvalue weighted by atomic mass is 9.65. The molecular formula is C23H36N2O3.